The minimum absolute atomic E-state index is 0.0555. The standard InChI is InChI=1S/C34H32N2O6S/c1-4-42-30-13-9-8-12-25(30)20-28(36-33(38)23-10-6-5-7-11-23)34(39)35-26-15-17-27(18-16-26)43-22-29(37)24-14-19-31(40-2)32(21-24)41-3/h5-21H,4,22H2,1-3H3,(H,35,39)(H,36,38)/b28-20-. The Morgan fingerprint density at radius 2 is 1.47 bits per heavy atom. The fraction of sp³-hybridized carbons (Fsp3) is 0.147. The molecule has 0 aliphatic heterocycles. The maximum absolute atomic E-state index is 13.4. The zero-order chi connectivity index (χ0) is 30.6. The van der Waals surface area contributed by atoms with Crippen molar-refractivity contribution >= 4 is 41.1 Å². The molecule has 4 rings (SSSR count). The Labute approximate surface area is 255 Å². The third-order valence-corrected chi connectivity index (χ3v) is 7.25. The van der Waals surface area contributed by atoms with Gasteiger partial charge in [-0.05, 0) is 73.7 Å². The monoisotopic (exact) mass is 596 g/mol. The van der Waals surface area contributed by atoms with Crippen LogP contribution in [0, 0.1) is 0 Å². The zero-order valence-electron chi connectivity index (χ0n) is 24.1. The Balaban J connectivity index is 1.46. The summed E-state index contributed by atoms with van der Waals surface area (Å²) < 4.78 is 16.2. The summed E-state index contributed by atoms with van der Waals surface area (Å²) in [6, 6.07) is 28.1. The molecule has 2 amide bonds. The van der Waals surface area contributed by atoms with E-state index in [2.05, 4.69) is 10.6 Å². The Kier molecular flexibility index (Phi) is 11.0. The van der Waals surface area contributed by atoms with Crippen LogP contribution in [-0.2, 0) is 4.79 Å². The van der Waals surface area contributed by atoms with E-state index >= 15 is 0 Å². The van der Waals surface area contributed by atoms with Gasteiger partial charge in [0.25, 0.3) is 11.8 Å². The van der Waals surface area contributed by atoms with Crippen LogP contribution in [0.3, 0.4) is 0 Å². The fourth-order valence-electron chi connectivity index (χ4n) is 4.06. The average molecular weight is 597 g/mol. The van der Waals surface area contributed by atoms with Crippen LogP contribution in [-0.4, -0.2) is 44.2 Å². The molecule has 0 aliphatic carbocycles. The first-order valence-electron chi connectivity index (χ1n) is 13.5. The number of nitrogens with one attached hydrogen (secondary N) is 2. The van der Waals surface area contributed by atoms with Crippen LogP contribution >= 0.6 is 11.8 Å². The quantitative estimate of drug-likeness (QED) is 0.103. The van der Waals surface area contributed by atoms with E-state index in [-0.39, 0.29) is 17.2 Å². The van der Waals surface area contributed by atoms with Crippen molar-refractivity contribution in [1.82, 2.24) is 5.32 Å². The molecule has 43 heavy (non-hydrogen) atoms. The molecule has 220 valence electrons. The van der Waals surface area contributed by atoms with Gasteiger partial charge in [0.2, 0.25) is 0 Å². The number of thioether (sulfide) groups is 1. The molecule has 0 aromatic heterocycles. The molecule has 4 aromatic rings. The topological polar surface area (TPSA) is 103 Å². The summed E-state index contributed by atoms with van der Waals surface area (Å²) in [5.74, 6) is 0.890. The van der Waals surface area contributed by atoms with Gasteiger partial charge >= 0.3 is 0 Å². The maximum Gasteiger partial charge on any atom is 0.272 e. The lowest BCUT2D eigenvalue weighted by Crippen LogP contribution is -2.30. The summed E-state index contributed by atoms with van der Waals surface area (Å²) in [5, 5.41) is 5.59. The highest BCUT2D eigenvalue weighted by atomic mass is 32.2. The summed E-state index contributed by atoms with van der Waals surface area (Å²) in [7, 11) is 3.07. The first-order chi connectivity index (χ1) is 20.9. The van der Waals surface area contributed by atoms with E-state index in [1.807, 2.05) is 43.3 Å². The number of Topliss-reactive ketones (excluding diaryl/α,β-unsaturated/α-hetero) is 1. The van der Waals surface area contributed by atoms with E-state index in [0.29, 0.717) is 46.2 Å². The van der Waals surface area contributed by atoms with Gasteiger partial charge in [-0.1, -0.05) is 36.4 Å². The van der Waals surface area contributed by atoms with Crippen molar-refractivity contribution in [1.29, 1.82) is 0 Å². The van der Waals surface area contributed by atoms with Crippen molar-refractivity contribution in [2.75, 3.05) is 31.9 Å². The van der Waals surface area contributed by atoms with Crippen molar-refractivity contribution in [3.63, 3.8) is 0 Å². The van der Waals surface area contributed by atoms with Gasteiger partial charge in [0.05, 0.1) is 26.6 Å². The van der Waals surface area contributed by atoms with E-state index in [9.17, 15) is 14.4 Å². The predicted molar refractivity (Wildman–Crippen MR) is 169 cm³/mol. The number of amides is 2. The van der Waals surface area contributed by atoms with Crippen molar-refractivity contribution in [2.45, 2.75) is 11.8 Å². The lowest BCUT2D eigenvalue weighted by Gasteiger charge is -2.13. The molecule has 4 aromatic carbocycles. The molecule has 0 fully saturated rings. The van der Waals surface area contributed by atoms with Gasteiger partial charge in [0.15, 0.2) is 17.3 Å². The number of benzene rings is 4. The Morgan fingerprint density at radius 3 is 2.16 bits per heavy atom. The Morgan fingerprint density at radius 1 is 0.767 bits per heavy atom. The number of para-hydroxylation sites is 1. The molecule has 0 unspecified atom stereocenters. The maximum atomic E-state index is 13.4. The van der Waals surface area contributed by atoms with E-state index in [1.54, 1.807) is 73.8 Å². The third-order valence-electron chi connectivity index (χ3n) is 6.24. The predicted octanol–water partition coefficient (Wildman–Crippen LogP) is 6.49. The smallest absolute Gasteiger partial charge is 0.272 e. The van der Waals surface area contributed by atoms with Crippen LogP contribution in [0.25, 0.3) is 6.08 Å². The van der Waals surface area contributed by atoms with Gasteiger partial charge in [-0.25, -0.2) is 0 Å². The lowest BCUT2D eigenvalue weighted by atomic mass is 10.1. The van der Waals surface area contributed by atoms with Crippen molar-refractivity contribution in [3.05, 3.63) is 119 Å². The number of carbonyl (C=O) groups is 3. The van der Waals surface area contributed by atoms with Gasteiger partial charge in [-0.15, -0.1) is 11.8 Å². The van der Waals surface area contributed by atoms with Gasteiger partial charge in [-0.3, -0.25) is 14.4 Å². The van der Waals surface area contributed by atoms with E-state index < -0.39 is 11.8 Å². The van der Waals surface area contributed by atoms with Crippen LogP contribution in [0.1, 0.15) is 33.2 Å². The van der Waals surface area contributed by atoms with E-state index in [4.69, 9.17) is 14.2 Å². The van der Waals surface area contributed by atoms with Gasteiger partial charge in [0.1, 0.15) is 11.4 Å². The first-order valence-corrected chi connectivity index (χ1v) is 14.5. The molecule has 8 nitrogen and oxygen atoms in total. The fourth-order valence-corrected chi connectivity index (χ4v) is 4.85. The minimum Gasteiger partial charge on any atom is -0.493 e. The van der Waals surface area contributed by atoms with Crippen LogP contribution in [0.2, 0.25) is 0 Å². The molecule has 0 bridgehead atoms. The Bertz CT molecular complexity index is 1600. The zero-order valence-corrected chi connectivity index (χ0v) is 24.9. The molecule has 0 saturated heterocycles. The summed E-state index contributed by atoms with van der Waals surface area (Å²) >= 11 is 1.38. The summed E-state index contributed by atoms with van der Waals surface area (Å²) in [4.78, 5) is 40.0. The van der Waals surface area contributed by atoms with E-state index in [0.717, 1.165) is 4.90 Å². The SMILES string of the molecule is CCOc1ccccc1/C=C(\NC(=O)c1ccccc1)C(=O)Nc1ccc(SCC(=O)c2ccc(OC)c(OC)c2)cc1. The summed E-state index contributed by atoms with van der Waals surface area (Å²) in [5.41, 5.74) is 2.17. The number of carbonyl (C=O) groups excluding carboxylic acids is 3. The highest BCUT2D eigenvalue weighted by molar-refractivity contribution is 8.00. The number of anilines is 1. The second-order valence-electron chi connectivity index (χ2n) is 9.11. The molecule has 0 heterocycles. The Hall–Kier alpha value is -5.02. The van der Waals surface area contributed by atoms with Gasteiger partial charge in [0, 0.05) is 27.3 Å². The number of hydrogen-bond donors (Lipinski definition) is 2. The van der Waals surface area contributed by atoms with Crippen LogP contribution in [0.5, 0.6) is 17.2 Å². The molecule has 9 heteroatoms. The molecule has 0 aliphatic rings. The van der Waals surface area contributed by atoms with Crippen LogP contribution in [0.4, 0.5) is 5.69 Å². The number of hydrogen-bond acceptors (Lipinski definition) is 7. The van der Waals surface area contributed by atoms with Crippen molar-refractivity contribution in [3.8, 4) is 17.2 Å². The molecule has 0 spiro atoms. The molecule has 0 saturated carbocycles. The average Bonchev–Trinajstić information content (AvgIpc) is 3.04. The minimum atomic E-state index is -0.500. The van der Waals surface area contributed by atoms with Crippen molar-refractivity contribution < 1.29 is 28.6 Å². The highest BCUT2D eigenvalue weighted by Crippen LogP contribution is 2.29. The number of methoxy groups -OCH3 is 2. The summed E-state index contributed by atoms with van der Waals surface area (Å²) in [6.07, 6.45) is 1.59. The van der Waals surface area contributed by atoms with Crippen LogP contribution < -0.4 is 24.8 Å². The lowest BCUT2D eigenvalue weighted by molar-refractivity contribution is -0.113. The summed E-state index contributed by atoms with van der Waals surface area (Å²) in [6.45, 7) is 2.33. The van der Waals surface area contributed by atoms with E-state index in [1.165, 1.54) is 18.9 Å². The largest absolute Gasteiger partial charge is 0.493 e. The molecule has 0 atom stereocenters. The number of ether oxygens (including phenoxy) is 3. The normalized spacial score (nSPS) is 10.9. The van der Waals surface area contributed by atoms with Crippen LogP contribution in [0.15, 0.2) is 108 Å². The first kappa shape index (κ1) is 30.9. The second kappa shape index (κ2) is 15.3. The number of ketones is 1. The van der Waals surface area contributed by atoms with Crippen molar-refractivity contribution in [2.24, 2.45) is 0 Å². The van der Waals surface area contributed by atoms with Gasteiger partial charge in [-0.2, -0.15) is 0 Å². The molecular weight excluding hydrogens is 564 g/mol. The van der Waals surface area contributed by atoms with Gasteiger partial charge < -0.3 is 24.8 Å². The molecule has 2 N–H and O–H groups in total. The third kappa shape index (κ3) is 8.50. The second-order valence-corrected chi connectivity index (χ2v) is 10.2. The highest BCUT2D eigenvalue weighted by Gasteiger charge is 2.17. The molecule has 0 radical (unpaired) electrons. The molecular formula is C34H32N2O6S. The number of rotatable bonds is 13.